The Morgan fingerprint density at radius 2 is 1.96 bits per heavy atom. The molecule has 0 radical (unpaired) electrons. The summed E-state index contributed by atoms with van der Waals surface area (Å²) < 4.78 is 1.90. The lowest BCUT2D eigenvalue weighted by Crippen LogP contribution is -2.31. The zero-order chi connectivity index (χ0) is 18.5. The Bertz CT molecular complexity index is 1070. The highest BCUT2D eigenvalue weighted by Crippen LogP contribution is 2.43. The third-order valence-electron chi connectivity index (χ3n) is 5.33. The number of allylic oxidation sites excluding steroid dienone is 2. The number of carbonyl (C=O) groups excluding carboxylic acids is 1. The first kappa shape index (κ1) is 16.4. The highest BCUT2D eigenvalue weighted by atomic mass is 32.1. The van der Waals surface area contributed by atoms with Crippen LogP contribution in [0.2, 0.25) is 0 Å². The molecule has 2 aromatic heterocycles. The summed E-state index contributed by atoms with van der Waals surface area (Å²) in [7, 11) is 0. The molecule has 136 valence electrons. The summed E-state index contributed by atoms with van der Waals surface area (Å²) in [6, 6.07) is 10.1. The van der Waals surface area contributed by atoms with E-state index < -0.39 is 0 Å². The summed E-state index contributed by atoms with van der Waals surface area (Å²) in [6.07, 6.45) is 2.38. The van der Waals surface area contributed by atoms with E-state index >= 15 is 0 Å². The number of Topliss-reactive ketones (excluding diaryl/α,β-unsaturated/α-hetero) is 1. The highest BCUT2D eigenvalue weighted by Gasteiger charge is 2.38. The molecule has 1 atom stereocenters. The summed E-state index contributed by atoms with van der Waals surface area (Å²) in [4.78, 5) is 18.7. The SMILES string of the molecule is Cc1ccc(-c2nc3n(n2)C(c2sccc2C)C2=C(CCCC2=O)N3)cc1. The number of ketones is 1. The Labute approximate surface area is 161 Å². The zero-order valence-electron chi connectivity index (χ0n) is 15.3. The zero-order valence-corrected chi connectivity index (χ0v) is 16.1. The molecular formula is C21H20N4OS. The van der Waals surface area contributed by atoms with Crippen molar-refractivity contribution in [2.24, 2.45) is 0 Å². The third kappa shape index (κ3) is 2.63. The number of thiophene rings is 1. The van der Waals surface area contributed by atoms with Crippen LogP contribution in [0.4, 0.5) is 5.95 Å². The molecule has 0 spiro atoms. The lowest BCUT2D eigenvalue weighted by atomic mass is 9.87. The number of aryl methyl sites for hydroxylation is 2. The maximum atomic E-state index is 12.8. The van der Waals surface area contributed by atoms with Crippen molar-refractivity contribution < 1.29 is 4.79 Å². The Morgan fingerprint density at radius 1 is 1.15 bits per heavy atom. The van der Waals surface area contributed by atoms with Crippen LogP contribution in [0.25, 0.3) is 11.4 Å². The van der Waals surface area contributed by atoms with Gasteiger partial charge in [0, 0.05) is 28.1 Å². The molecule has 0 saturated heterocycles. The molecule has 27 heavy (non-hydrogen) atoms. The first-order valence-electron chi connectivity index (χ1n) is 9.22. The molecule has 1 aliphatic heterocycles. The van der Waals surface area contributed by atoms with Crippen LogP contribution in [0.5, 0.6) is 0 Å². The van der Waals surface area contributed by atoms with Crippen molar-refractivity contribution in [2.75, 3.05) is 5.32 Å². The molecule has 1 N–H and O–H groups in total. The number of anilines is 1. The van der Waals surface area contributed by atoms with E-state index in [0.717, 1.165) is 35.6 Å². The molecule has 1 aromatic carbocycles. The molecule has 6 heteroatoms. The van der Waals surface area contributed by atoms with Gasteiger partial charge in [0.2, 0.25) is 5.95 Å². The van der Waals surface area contributed by atoms with Crippen LogP contribution in [0.15, 0.2) is 47.0 Å². The van der Waals surface area contributed by atoms with Crippen LogP contribution in [0.1, 0.15) is 41.3 Å². The van der Waals surface area contributed by atoms with Gasteiger partial charge in [0.05, 0.1) is 0 Å². The standard InChI is InChI=1S/C21H20N4OS/c1-12-6-8-14(9-7-12)20-23-21-22-15-4-3-5-16(26)17(15)18(25(21)24-20)19-13(2)10-11-27-19/h6-11,18H,3-5H2,1-2H3,(H,22,23,24). The number of benzene rings is 1. The van der Waals surface area contributed by atoms with Gasteiger partial charge in [0.1, 0.15) is 6.04 Å². The number of rotatable bonds is 2. The number of fused-ring (bicyclic) bond motifs is 1. The van der Waals surface area contributed by atoms with E-state index in [1.54, 1.807) is 11.3 Å². The number of nitrogens with zero attached hydrogens (tertiary/aromatic N) is 3. The monoisotopic (exact) mass is 376 g/mol. The van der Waals surface area contributed by atoms with Crippen LogP contribution >= 0.6 is 11.3 Å². The Balaban J connectivity index is 1.68. The minimum Gasteiger partial charge on any atom is -0.328 e. The number of aromatic nitrogens is 3. The van der Waals surface area contributed by atoms with Gasteiger partial charge in [0.25, 0.3) is 0 Å². The average Bonchev–Trinajstić information content (AvgIpc) is 3.27. The molecule has 1 aliphatic carbocycles. The molecule has 5 rings (SSSR count). The largest absolute Gasteiger partial charge is 0.328 e. The van der Waals surface area contributed by atoms with Gasteiger partial charge in [-0.1, -0.05) is 29.8 Å². The van der Waals surface area contributed by atoms with Gasteiger partial charge in [-0.05, 0) is 43.7 Å². The van der Waals surface area contributed by atoms with Gasteiger partial charge in [-0.25, -0.2) is 4.68 Å². The molecule has 0 saturated carbocycles. The topological polar surface area (TPSA) is 59.8 Å². The van der Waals surface area contributed by atoms with Crippen molar-refractivity contribution in [3.63, 3.8) is 0 Å². The summed E-state index contributed by atoms with van der Waals surface area (Å²) in [5.41, 5.74) is 5.25. The van der Waals surface area contributed by atoms with Gasteiger partial charge in [0.15, 0.2) is 11.6 Å². The van der Waals surface area contributed by atoms with E-state index in [0.29, 0.717) is 12.2 Å². The lowest BCUT2D eigenvalue weighted by molar-refractivity contribution is -0.116. The Morgan fingerprint density at radius 3 is 2.70 bits per heavy atom. The van der Waals surface area contributed by atoms with Crippen molar-refractivity contribution in [2.45, 2.75) is 39.2 Å². The summed E-state index contributed by atoms with van der Waals surface area (Å²) in [5.74, 6) is 1.63. The van der Waals surface area contributed by atoms with Gasteiger partial charge in [-0.15, -0.1) is 16.4 Å². The van der Waals surface area contributed by atoms with Crippen LogP contribution in [-0.2, 0) is 4.79 Å². The molecule has 0 fully saturated rings. The molecule has 1 unspecified atom stereocenters. The van der Waals surface area contributed by atoms with E-state index in [4.69, 9.17) is 10.1 Å². The second-order valence-electron chi connectivity index (χ2n) is 7.23. The number of hydrogen-bond donors (Lipinski definition) is 1. The quantitative estimate of drug-likeness (QED) is 0.707. The summed E-state index contributed by atoms with van der Waals surface area (Å²) >= 11 is 1.68. The average molecular weight is 376 g/mol. The third-order valence-corrected chi connectivity index (χ3v) is 6.40. The summed E-state index contributed by atoms with van der Waals surface area (Å²) in [5, 5.41) is 10.3. The van der Waals surface area contributed by atoms with Gasteiger partial charge in [-0.3, -0.25) is 4.79 Å². The minimum absolute atomic E-state index is 0.184. The van der Waals surface area contributed by atoms with Crippen LogP contribution in [0, 0.1) is 13.8 Å². The van der Waals surface area contributed by atoms with Gasteiger partial charge >= 0.3 is 0 Å². The molecule has 3 aromatic rings. The normalized spacial score (nSPS) is 18.9. The van der Waals surface area contributed by atoms with Crippen LogP contribution in [0.3, 0.4) is 0 Å². The predicted molar refractivity (Wildman–Crippen MR) is 107 cm³/mol. The lowest BCUT2D eigenvalue weighted by Gasteiger charge is -2.31. The molecule has 5 nitrogen and oxygen atoms in total. The van der Waals surface area contributed by atoms with Gasteiger partial charge in [-0.2, -0.15) is 4.98 Å². The van der Waals surface area contributed by atoms with E-state index in [2.05, 4.69) is 42.7 Å². The first-order chi connectivity index (χ1) is 13.1. The molecule has 2 aliphatic rings. The second kappa shape index (κ2) is 6.16. The second-order valence-corrected chi connectivity index (χ2v) is 8.18. The van der Waals surface area contributed by atoms with E-state index in [9.17, 15) is 4.79 Å². The first-order valence-corrected chi connectivity index (χ1v) is 10.1. The van der Waals surface area contributed by atoms with E-state index in [1.165, 1.54) is 16.0 Å². The fourth-order valence-corrected chi connectivity index (χ4v) is 4.91. The van der Waals surface area contributed by atoms with Crippen LogP contribution < -0.4 is 5.32 Å². The molecular weight excluding hydrogens is 356 g/mol. The number of hydrogen-bond acceptors (Lipinski definition) is 5. The molecule has 3 heterocycles. The molecule has 0 bridgehead atoms. The smallest absolute Gasteiger partial charge is 0.226 e. The fraction of sp³-hybridized carbons (Fsp3) is 0.286. The Hall–Kier alpha value is -2.73. The van der Waals surface area contributed by atoms with Gasteiger partial charge < -0.3 is 5.32 Å². The van der Waals surface area contributed by atoms with E-state index in [1.807, 2.05) is 16.8 Å². The van der Waals surface area contributed by atoms with Crippen molar-refractivity contribution in [1.82, 2.24) is 14.8 Å². The van der Waals surface area contributed by atoms with Crippen molar-refractivity contribution in [3.05, 3.63) is 63.0 Å². The summed E-state index contributed by atoms with van der Waals surface area (Å²) in [6.45, 7) is 4.16. The number of nitrogens with one attached hydrogen (secondary N) is 1. The predicted octanol–water partition coefficient (Wildman–Crippen LogP) is 4.65. The fourth-order valence-electron chi connectivity index (χ4n) is 3.89. The number of carbonyl (C=O) groups is 1. The maximum Gasteiger partial charge on any atom is 0.226 e. The maximum absolute atomic E-state index is 12.8. The Kier molecular flexibility index (Phi) is 3.75. The van der Waals surface area contributed by atoms with Crippen molar-refractivity contribution in [3.8, 4) is 11.4 Å². The van der Waals surface area contributed by atoms with Crippen LogP contribution in [-0.4, -0.2) is 20.5 Å². The highest BCUT2D eigenvalue weighted by molar-refractivity contribution is 7.10. The van der Waals surface area contributed by atoms with E-state index in [-0.39, 0.29) is 11.8 Å². The van der Waals surface area contributed by atoms with Crippen molar-refractivity contribution >= 4 is 23.1 Å². The molecule has 0 amide bonds. The minimum atomic E-state index is -0.184. The van der Waals surface area contributed by atoms with Crippen molar-refractivity contribution in [1.29, 1.82) is 0 Å².